The maximum absolute atomic E-state index is 11.2. The molecule has 0 aliphatic rings. The summed E-state index contributed by atoms with van der Waals surface area (Å²) in [6.07, 6.45) is 1.11. The van der Waals surface area contributed by atoms with Gasteiger partial charge in [-0.3, -0.25) is 4.79 Å². The topological polar surface area (TPSA) is 116 Å². The van der Waals surface area contributed by atoms with Gasteiger partial charge in [-0.1, -0.05) is 4.49 Å². The van der Waals surface area contributed by atoms with Crippen LogP contribution in [0.3, 0.4) is 0 Å². The number of carbonyl (C=O) groups excluding carboxylic acids is 1. The van der Waals surface area contributed by atoms with Crippen LogP contribution in [0.4, 0.5) is 10.8 Å². The van der Waals surface area contributed by atoms with Crippen molar-refractivity contribution in [2.45, 2.75) is 0 Å². The molecule has 1 N–H and O–H groups in total. The lowest BCUT2D eigenvalue weighted by molar-refractivity contribution is -0.391. The Morgan fingerprint density at radius 2 is 2.42 bits per heavy atom. The van der Waals surface area contributed by atoms with Crippen LogP contribution in [0.15, 0.2) is 6.20 Å². The van der Waals surface area contributed by atoms with Crippen molar-refractivity contribution >= 4 is 39.9 Å². The number of nitro groups is 1. The third-order valence-electron chi connectivity index (χ3n) is 2.22. The summed E-state index contributed by atoms with van der Waals surface area (Å²) in [7, 11) is 1.48. The first kappa shape index (κ1) is 13.4. The Hall–Kier alpha value is -2.07. The van der Waals surface area contributed by atoms with Gasteiger partial charge in [0.2, 0.25) is 5.91 Å². The van der Waals surface area contributed by atoms with Gasteiger partial charge in [0.15, 0.2) is 5.69 Å². The van der Waals surface area contributed by atoms with E-state index in [9.17, 15) is 14.9 Å². The number of alkyl halides is 1. The van der Waals surface area contributed by atoms with Crippen molar-refractivity contribution in [3.63, 3.8) is 0 Å². The van der Waals surface area contributed by atoms with E-state index in [4.69, 9.17) is 11.6 Å². The number of nitrogens with zero attached hydrogens (tertiary/aromatic N) is 5. The number of amides is 1. The van der Waals surface area contributed by atoms with Gasteiger partial charge in [0.25, 0.3) is 5.82 Å². The fourth-order valence-corrected chi connectivity index (χ4v) is 2.02. The predicted molar refractivity (Wildman–Crippen MR) is 68.1 cm³/mol. The van der Waals surface area contributed by atoms with Crippen LogP contribution in [0.5, 0.6) is 0 Å². The van der Waals surface area contributed by atoms with Crippen LogP contribution in [0.25, 0.3) is 11.5 Å². The highest BCUT2D eigenvalue weighted by Gasteiger charge is 2.24. The van der Waals surface area contributed by atoms with E-state index in [1.807, 2.05) is 0 Å². The predicted octanol–water partition coefficient (Wildman–Crippen LogP) is 1.02. The van der Waals surface area contributed by atoms with Gasteiger partial charge in [0.1, 0.15) is 17.1 Å². The molecule has 2 rings (SSSR count). The summed E-state index contributed by atoms with van der Waals surface area (Å²) in [5, 5.41) is 17.4. The van der Waals surface area contributed by atoms with E-state index in [0.717, 1.165) is 17.7 Å². The molecule has 0 bridgehead atoms. The molecule has 2 aromatic heterocycles. The Labute approximate surface area is 115 Å². The second-order valence-corrected chi connectivity index (χ2v) is 4.41. The first-order valence-corrected chi connectivity index (χ1v) is 6.20. The summed E-state index contributed by atoms with van der Waals surface area (Å²) in [5.74, 6) is -0.571. The summed E-state index contributed by atoms with van der Waals surface area (Å²) < 4.78 is 4.95. The van der Waals surface area contributed by atoms with E-state index in [2.05, 4.69) is 19.9 Å². The summed E-state index contributed by atoms with van der Waals surface area (Å²) in [6, 6.07) is 0. The van der Waals surface area contributed by atoms with Crippen molar-refractivity contribution in [1.29, 1.82) is 0 Å². The lowest BCUT2D eigenvalue weighted by atomic mass is 10.4. The van der Waals surface area contributed by atoms with Crippen molar-refractivity contribution in [3.8, 4) is 11.5 Å². The summed E-state index contributed by atoms with van der Waals surface area (Å²) in [6.45, 7) is 0. The standard InChI is InChI=1S/C8H7ClN6O3S/c1-14-5(15(17)18)3-10-7(14)6-8(19-13-12-6)11-4(16)2-9/h3H,2H2,1H3,(H,11,16). The molecule has 1 amide bonds. The number of anilines is 1. The molecule has 2 aromatic rings. The van der Waals surface area contributed by atoms with Gasteiger partial charge in [-0.05, 0) is 4.92 Å². The zero-order chi connectivity index (χ0) is 14.0. The fourth-order valence-electron chi connectivity index (χ4n) is 1.37. The number of rotatable bonds is 4. The van der Waals surface area contributed by atoms with Crippen molar-refractivity contribution in [3.05, 3.63) is 16.3 Å². The highest BCUT2D eigenvalue weighted by molar-refractivity contribution is 7.10. The quantitative estimate of drug-likeness (QED) is 0.512. The van der Waals surface area contributed by atoms with Gasteiger partial charge in [-0.2, -0.15) is 0 Å². The smallest absolute Gasteiger partial charge is 0.342 e. The number of hydrogen-bond acceptors (Lipinski definition) is 7. The van der Waals surface area contributed by atoms with Gasteiger partial charge in [0.05, 0.1) is 7.05 Å². The Kier molecular flexibility index (Phi) is 3.71. The van der Waals surface area contributed by atoms with Crippen LogP contribution in [-0.2, 0) is 11.8 Å². The van der Waals surface area contributed by atoms with Gasteiger partial charge >= 0.3 is 5.82 Å². The SMILES string of the molecule is Cn1c([N+](=O)[O-])cnc1-c1nnsc1NC(=O)CCl. The summed E-state index contributed by atoms with van der Waals surface area (Å²) in [5.41, 5.74) is 0.263. The summed E-state index contributed by atoms with van der Waals surface area (Å²) in [4.78, 5) is 25.3. The molecule has 0 saturated heterocycles. The Morgan fingerprint density at radius 1 is 1.68 bits per heavy atom. The van der Waals surface area contributed by atoms with E-state index in [1.165, 1.54) is 11.6 Å². The molecule has 0 atom stereocenters. The minimum absolute atomic E-state index is 0.183. The molecule has 0 fully saturated rings. The number of imidazole rings is 1. The molecule has 0 saturated carbocycles. The third kappa shape index (κ3) is 2.53. The molecule has 2 heterocycles. The lowest BCUT2D eigenvalue weighted by Crippen LogP contribution is -2.12. The molecular formula is C8H7ClN6O3S. The molecule has 0 aliphatic carbocycles. The molecule has 0 unspecified atom stereocenters. The van der Waals surface area contributed by atoms with Crippen LogP contribution in [0.1, 0.15) is 0 Å². The van der Waals surface area contributed by atoms with Crippen LogP contribution >= 0.6 is 23.1 Å². The van der Waals surface area contributed by atoms with E-state index < -0.39 is 10.8 Å². The van der Waals surface area contributed by atoms with Gasteiger partial charge in [0, 0.05) is 11.5 Å². The fraction of sp³-hybridized carbons (Fsp3) is 0.250. The van der Waals surface area contributed by atoms with Crippen LogP contribution < -0.4 is 5.32 Å². The van der Waals surface area contributed by atoms with Crippen LogP contribution in [0, 0.1) is 10.1 Å². The molecule has 0 radical (unpaired) electrons. The van der Waals surface area contributed by atoms with Crippen LogP contribution in [0.2, 0.25) is 0 Å². The molecule has 0 aromatic carbocycles. The normalized spacial score (nSPS) is 10.4. The Bertz CT molecular complexity index is 638. The summed E-state index contributed by atoms with van der Waals surface area (Å²) >= 11 is 6.33. The maximum Gasteiger partial charge on any atom is 0.342 e. The monoisotopic (exact) mass is 302 g/mol. The van der Waals surface area contributed by atoms with Gasteiger partial charge < -0.3 is 15.4 Å². The zero-order valence-corrected chi connectivity index (χ0v) is 11.1. The van der Waals surface area contributed by atoms with Crippen molar-refractivity contribution in [2.75, 3.05) is 11.2 Å². The average molecular weight is 303 g/mol. The minimum atomic E-state index is -0.562. The highest BCUT2D eigenvalue weighted by Crippen LogP contribution is 2.29. The first-order valence-electron chi connectivity index (χ1n) is 4.89. The molecule has 100 valence electrons. The van der Waals surface area contributed by atoms with E-state index in [-0.39, 0.29) is 23.2 Å². The molecule has 0 aliphatic heterocycles. The molecule has 9 nitrogen and oxygen atoms in total. The molecule has 19 heavy (non-hydrogen) atoms. The second kappa shape index (κ2) is 5.28. The average Bonchev–Trinajstić information content (AvgIpc) is 2.95. The van der Waals surface area contributed by atoms with Crippen molar-refractivity contribution in [2.24, 2.45) is 7.05 Å². The lowest BCUT2D eigenvalue weighted by Gasteiger charge is -2.00. The van der Waals surface area contributed by atoms with E-state index >= 15 is 0 Å². The van der Waals surface area contributed by atoms with E-state index in [1.54, 1.807) is 0 Å². The largest absolute Gasteiger partial charge is 0.358 e. The first-order chi connectivity index (χ1) is 9.04. The van der Waals surface area contributed by atoms with Crippen molar-refractivity contribution < 1.29 is 9.72 Å². The Morgan fingerprint density at radius 3 is 3.00 bits per heavy atom. The maximum atomic E-state index is 11.2. The molecule has 0 spiro atoms. The molecule has 11 heteroatoms. The number of carbonyl (C=O) groups is 1. The van der Waals surface area contributed by atoms with E-state index in [0.29, 0.717) is 5.00 Å². The van der Waals surface area contributed by atoms with Crippen molar-refractivity contribution in [1.82, 2.24) is 19.1 Å². The minimum Gasteiger partial charge on any atom is -0.358 e. The van der Waals surface area contributed by atoms with Gasteiger partial charge in [-0.25, -0.2) is 9.55 Å². The number of halogens is 1. The number of nitrogens with one attached hydrogen (secondary N) is 1. The third-order valence-corrected chi connectivity index (χ3v) is 3.11. The number of hydrogen-bond donors (Lipinski definition) is 1. The number of aromatic nitrogens is 4. The second-order valence-electron chi connectivity index (χ2n) is 3.39. The van der Waals surface area contributed by atoms with Crippen LogP contribution in [-0.4, -0.2) is 35.8 Å². The highest BCUT2D eigenvalue weighted by atomic mass is 35.5. The molecular weight excluding hydrogens is 296 g/mol. The zero-order valence-electron chi connectivity index (χ0n) is 9.53. The Balaban J connectivity index is 2.40. The van der Waals surface area contributed by atoms with Gasteiger partial charge in [-0.15, -0.1) is 16.7 Å².